The molecule has 0 bridgehead atoms. The van der Waals surface area contributed by atoms with Crippen molar-refractivity contribution in [1.29, 1.82) is 0 Å². The number of anilines is 3. The van der Waals surface area contributed by atoms with E-state index in [-0.39, 0.29) is 12.1 Å². The van der Waals surface area contributed by atoms with E-state index in [1.807, 2.05) is 21.9 Å². The van der Waals surface area contributed by atoms with E-state index in [9.17, 15) is 4.79 Å². The zero-order valence-electron chi connectivity index (χ0n) is 17.5. The number of rotatable bonds is 5. The molecule has 2 aromatic rings. The first kappa shape index (κ1) is 19.4. The summed E-state index contributed by atoms with van der Waals surface area (Å²) in [4.78, 5) is 21.2. The van der Waals surface area contributed by atoms with Gasteiger partial charge in [0.25, 0.3) is 0 Å². The van der Waals surface area contributed by atoms with Crippen LogP contribution in [0.2, 0.25) is 0 Å². The number of amides is 2. The molecule has 0 unspecified atom stereocenters. The van der Waals surface area contributed by atoms with Crippen molar-refractivity contribution >= 4 is 23.1 Å². The van der Waals surface area contributed by atoms with Crippen LogP contribution >= 0.6 is 0 Å². The Hall–Kier alpha value is -2.89. The molecule has 2 aliphatic rings. The Morgan fingerprint density at radius 1 is 0.724 bits per heavy atom. The van der Waals surface area contributed by atoms with Gasteiger partial charge in [-0.2, -0.15) is 0 Å². The number of carbonyl (C=O) groups excluding carboxylic acids is 1. The Labute approximate surface area is 173 Å². The van der Waals surface area contributed by atoms with Crippen molar-refractivity contribution < 1.29 is 9.53 Å². The van der Waals surface area contributed by atoms with Gasteiger partial charge >= 0.3 is 6.03 Å². The van der Waals surface area contributed by atoms with Gasteiger partial charge < -0.3 is 19.4 Å². The zero-order valence-corrected chi connectivity index (χ0v) is 17.5. The van der Waals surface area contributed by atoms with Crippen LogP contribution < -0.4 is 19.4 Å². The Kier molecular flexibility index (Phi) is 5.51. The van der Waals surface area contributed by atoms with Crippen LogP contribution in [0.4, 0.5) is 21.9 Å². The number of methoxy groups -OCH3 is 1. The molecule has 0 spiro atoms. The number of hydrogen-bond acceptors (Lipinski definition) is 4. The van der Waals surface area contributed by atoms with Gasteiger partial charge in [0.2, 0.25) is 0 Å². The second kappa shape index (κ2) is 8.23. The summed E-state index contributed by atoms with van der Waals surface area (Å²) in [5.41, 5.74) is 3.44. The van der Waals surface area contributed by atoms with Crippen LogP contribution in [0.3, 0.4) is 0 Å². The van der Waals surface area contributed by atoms with E-state index >= 15 is 0 Å². The lowest BCUT2D eigenvalue weighted by Gasteiger charge is -2.37. The molecule has 4 rings (SSSR count). The standard InChI is InChI=1S/C23H30N4O2/c1-18(2)26-16-17-27(23(26)28)21-6-4-19(5-7-21)24-12-14-25(15-13-24)20-8-10-22(29-3)11-9-20/h4-11,18H,12-17H2,1-3H3. The van der Waals surface area contributed by atoms with E-state index in [2.05, 4.69) is 60.0 Å². The average Bonchev–Trinajstić information content (AvgIpc) is 3.16. The fourth-order valence-corrected chi connectivity index (χ4v) is 4.13. The van der Waals surface area contributed by atoms with Gasteiger partial charge in [-0.15, -0.1) is 0 Å². The fraction of sp³-hybridized carbons (Fsp3) is 0.435. The van der Waals surface area contributed by atoms with Crippen LogP contribution in [0.25, 0.3) is 0 Å². The Bertz CT molecular complexity index is 827. The van der Waals surface area contributed by atoms with Gasteiger partial charge in [0.15, 0.2) is 0 Å². The smallest absolute Gasteiger partial charge is 0.324 e. The summed E-state index contributed by atoms with van der Waals surface area (Å²) in [6, 6.07) is 17.1. The van der Waals surface area contributed by atoms with E-state index in [1.165, 1.54) is 11.4 Å². The van der Waals surface area contributed by atoms with Crippen molar-refractivity contribution in [2.45, 2.75) is 19.9 Å². The maximum absolute atomic E-state index is 12.6. The molecule has 6 heteroatoms. The first-order valence-electron chi connectivity index (χ1n) is 10.4. The molecule has 2 aromatic carbocycles. The van der Waals surface area contributed by atoms with Crippen molar-refractivity contribution in [3.05, 3.63) is 48.5 Å². The Morgan fingerprint density at radius 2 is 1.21 bits per heavy atom. The summed E-state index contributed by atoms with van der Waals surface area (Å²) >= 11 is 0. The lowest BCUT2D eigenvalue weighted by Crippen LogP contribution is -2.46. The average molecular weight is 395 g/mol. The quantitative estimate of drug-likeness (QED) is 0.776. The summed E-state index contributed by atoms with van der Waals surface area (Å²) in [5.74, 6) is 0.889. The molecular formula is C23H30N4O2. The molecule has 29 heavy (non-hydrogen) atoms. The molecule has 0 N–H and O–H groups in total. The van der Waals surface area contributed by atoms with Gasteiger partial charge in [-0.1, -0.05) is 0 Å². The topological polar surface area (TPSA) is 39.3 Å². The van der Waals surface area contributed by atoms with Crippen LogP contribution in [0.1, 0.15) is 13.8 Å². The molecule has 0 radical (unpaired) electrons. The van der Waals surface area contributed by atoms with Crippen molar-refractivity contribution in [3.63, 3.8) is 0 Å². The highest BCUT2D eigenvalue weighted by molar-refractivity contribution is 5.94. The summed E-state index contributed by atoms with van der Waals surface area (Å²) in [7, 11) is 1.69. The normalized spacial score (nSPS) is 17.4. The van der Waals surface area contributed by atoms with Crippen molar-refractivity contribution in [2.75, 3.05) is 61.1 Å². The third kappa shape index (κ3) is 3.97. The second-order valence-corrected chi connectivity index (χ2v) is 7.91. The summed E-state index contributed by atoms with van der Waals surface area (Å²) in [5, 5.41) is 0. The third-order valence-corrected chi connectivity index (χ3v) is 5.91. The zero-order chi connectivity index (χ0) is 20.4. The summed E-state index contributed by atoms with van der Waals surface area (Å²) < 4.78 is 5.25. The lowest BCUT2D eigenvalue weighted by atomic mass is 10.2. The maximum atomic E-state index is 12.6. The van der Waals surface area contributed by atoms with Crippen molar-refractivity contribution in [3.8, 4) is 5.75 Å². The van der Waals surface area contributed by atoms with Crippen LogP contribution in [0, 0.1) is 0 Å². The van der Waals surface area contributed by atoms with Crippen LogP contribution in [-0.2, 0) is 0 Å². The number of nitrogens with zero attached hydrogens (tertiary/aromatic N) is 4. The van der Waals surface area contributed by atoms with Gasteiger partial charge in [-0.3, -0.25) is 4.90 Å². The molecule has 6 nitrogen and oxygen atoms in total. The summed E-state index contributed by atoms with van der Waals surface area (Å²) in [6.45, 7) is 9.63. The van der Waals surface area contributed by atoms with Crippen LogP contribution in [0.15, 0.2) is 48.5 Å². The molecule has 2 heterocycles. The monoisotopic (exact) mass is 394 g/mol. The number of urea groups is 1. The molecule has 2 fully saturated rings. The van der Waals surface area contributed by atoms with E-state index in [1.54, 1.807) is 7.11 Å². The van der Waals surface area contributed by atoms with Gasteiger partial charge in [-0.25, -0.2) is 4.79 Å². The number of benzene rings is 2. The van der Waals surface area contributed by atoms with E-state index in [0.717, 1.165) is 50.7 Å². The van der Waals surface area contributed by atoms with Gasteiger partial charge in [0.1, 0.15) is 5.75 Å². The minimum Gasteiger partial charge on any atom is -0.497 e. The van der Waals surface area contributed by atoms with Gasteiger partial charge in [-0.05, 0) is 62.4 Å². The first-order valence-corrected chi connectivity index (χ1v) is 10.4. The molecule has 2 aliphatic heterocycles. The van der Waals surface area contributed by atoms with Crippen molar-refractivity contribution in [2.24, 2.45) is 0 Å². The first-order chi connectivity index (χ1) is 14.1. The number of ether oxygens (including phenoxy) is 1. The second-order valence-electron chi connectivity index (χ2n) is 7.91. The molecule has 154 valence electrons. The maximum Gasteiger partial charge on any atom is 0.324 e. The summed E-state index contributed by atoms with van der Waals surface area (Å²) in [6.07, 6.45) is 0. The number of hydrogen-bond donors (Lipinski definition) is 0. The fourth-order valence-electron chi connectivity index (χ4n) is 4.13. The van der Waals surface area contributed by atoms with E-state index < -0.39 is 0 Å². The Balaban J connectivity index is 1.36. The molecule has 0 atom stereocenters. The Morgan fingerprint density at radius 3 is 1.66 bits per heavy atom. The number of piperazine rings is 1. The molecule has 0 aromatic heterocycles. The molecule has 0 aliphatic carbocycles. The third-order valence-electron chi connectivity index (χ3n) is 5.91. The van der Waals surface area contributed by atoms with Crippen molar-refractivity contribution in [1.82, 2.24) is 4.90 Å². The predicted octanol–water partition coefficient (Wildman–Crippen LogP) is 3.67. The molecular weight excluding hydrogens is 364 g/mol. The highest BCUT2D eigenvalue weighted by atomic mass is 16.5. The molecule has 2 saturated heterocycles. The highest BCUT2D eigenvalue weighted by Crippen LogP contribution is 2.27. The van der Waals surface area contributed by atoms with E-state index in [4.69, 9.17) is 4.74 Å². The van der Waals surface area contributed by atoms with Gasteiger partial charge in [0, 0.05) is 62.4 Å². The highest BCUT2D eigenvalue weighted by Gasteiger charge is 2.31. The SMILES string of the molecule is COc1ccc(N2CCN(c3ccc(N4CCN(C(C)C)C4=O)cc3)CC2)cc1. The largest absolute Gasteiger partial charge is 0.497 e. The molecule has 0 saturated carbocycles. The number of carbonyl (C=O) groups is 1. The van der Waals surface area contributed by atoms with Gasteiger partial charge in [0.05, 0.1) is 7.11 Å². The minimum absolute atomic E-state index is 0.112. The molecule has 2 amide bonds. The lowest BCUT2D eigenvalue weighted by molar-refractivity contribution is 0.209. The van der Waals surface area contributed by atoms with Crippen LogP contribution in [0.5, 0.6) is 5.75 Å². The van der Waals surface area contributed by atoms with Crippen LogP contribution in [-0.4, -0.2) is 63.4 Å². The minimum atomic E-state index is 0.112. The van der Waals surface area contributed by atoms with E-state index in [0.29, 0.717) is 0 Å². The predicted molar refractivity (Wildman–Crippen MR) is 118 cm³/mol.